The summed E-state index contributed by atoms with van der Waals surface area (Å²) in [6.45, 7) is 7.91. The van der Waals surface area contributed by atoms with Crippen LogP contribution in [0.2, 0.25) is 0 Å². The number of benzene rings is 1. The summed E-state index contributed by atoms with van der Waals surface area (Å²) >= 11 is 0. The lowest BCUT2D eigenvalue weighted by molar-refractivity contribution is -0.00000300. The maximum Gasteiger partial charge on any atom is 0.0237 e. The second kappa shape index (κ2) is 6.11. The molecule has 0 radical (unpaired) electrons. The van der Waals surface area contributed by atoms with Crippen LogP contribution in [0.3, 0.4) is 0 Å². The van der Waals surface area contributed by atoms with Gasteiger partial charge in [0.25, 0.3) is 0 Å². The van der Waals surface area contributed by atoms with Crippen LogP contribution in [0, 0.1) is 6.92 Å². The highest BCUT2D eigenvalue weighted by Crippen LogP contribution is 2.10. The first-order valence-corrected chi connectivity index (χ1v) is 5.34. The van der Waals surface area contributed by atoms with E-state index in [4.69, 9.17) is 0 Å². The predicted octanol–water partition coefficient (Wildman–Crippen LogP) is -1.60. The van der Waals surface area contributed by atoms with Gasteiger partial charge in [-0.05, 0) is 18.1 Å². The molecule has 84 valence electrons. The van der Waals surface area contributed by atoms with Crippen LogP contribution in [-0.4, -0.2) is 31.1 Å². The number of nitrogens with zero attached hydrogens (tertiary/aromatic N) is 1. The van der Waals surface area contributed by atoms with Gasteiger partial charge < -0.3 is 17.7 Å². The highest BCUT2D eigenvalue weighted by atomic mass is 35.5. The molecule has 1 heterocycles. The molecule has 0 atom stereocenters. The standard InChI is InChI=1S/C12H18N2.ClH/c1-11-4-2-3-5-12(11)10-14-8-6-13-7-9-14;/h2-5,13H,6-10H2,1H3;1H/p-1. The van der Waals surface area contributed by atoms with Crippen molar-refractivity contribution >= 4 is 0 Å². The van der Waals surface area contributed by atoms with E-state index in [9.17, 15) is 0 Å². The first-order valence-electron chi connectivity index (χ1n) is 5.34. The molecule has 1 fully saturated rings. The van der Waals surface area contributed by atoms with Crippen LogP contribution in [0.25, 0.3) is 0 Å². The van der Waals surface area contributed by atoms with E-state index in [-0.39, 0.29) is 12.4 Å². The molecule has 0 unspecified atom stereocenters. The zero-order valence-corrected chi connectivity index (χ0v) is 9.93. The Labute approximate surface area is 98.1 Å². The van der Waals surface area contributed by atoms with Gasteiger partial charge >= 0.3 is 0 Å². The van der Waals surface area contributed by atoms with Crippen molar-refractivity contribution in [2.75, 3.05) is 26.2 Å². The van der Waals surface area contributed by atoms with Crippen LogP contribution in [0.1, 0.15) is 11.1 Å². The third-order valence-corrected chi connectivity index (χ3v) is 2.86. The third kappa shape index (κ3) is 3.49. The number of halogens is 1. The van der Waals surface area contributed by atoms with Gasteiger partial charge in [-0.3, -0.25) is 4.90 Å². The smallest absolute Gasteiger partial charge is 0.0237 e. The monoisotopic (exact) mass is 225 g/mol. The Balaban J connectivity index is 0.00000112. The third-order valence-electron chi connectivity index (χ3n) is 2.86. The van der Waals surface area contributed by atoms with Crippen molar-refractivity contribution in [2.24, 2.45) is 0 Å². The molecule has 1 aromatic carbocycles. The van der Waals surface area contributed by atoms with E-state index in [0.717, 1.165) is 19.6 Å². The molecule has 0 saturated carbocycles. The van der Waals surface area contributed by atoms with Crippen LogP contribution >= 0.6 is 0 Å². The zero-order chi connectivity index (χ0) is 9.80. The zero-order valence-electron chi connectivity index (χ0n) is 9.17. The van der Waals surface area contributed by atoms with Gasteiger partial charge in [0, 0.05) is 32.7 Å². The minimum Gasteiger partial charge on any atom is -1.00 e. The highest BCUT2D eigenvalue weighted by Gasteiger charge is 2.10. The van der Waals surface area contributed by atoms with Crippen molar-refractivity contribution in [3.63, 3.8) is 0 Å². The Hall–Kier alpha value is -0.570. The fourth-order valence-corrected chi connectivity index (χ4v) is 1.90. The summed E-state index contributed by atoms with van der Waals surface area (Å²) in [6, 6.07) is 8.66. The number of hydrogen-bond acceptors (Lipinski definition) is 2. The first kappa shape index (κ1) is 12.5. The molecule has 0 amide bonds. The molecule has 0 aliphatic carbocycles. The van der Waals surface area contributed by atoms with E-state index in [0.29, 0.717) is 0 Å². The SMILES string of the molecule is Cc1ccccc1CN1CCNCC1.[Cl-]. The van der Waals surface area contributed by atoms with E-state index in [1.165, 1.54) is 24.2 Å². The molecular weight excluding hydrogens is 208 g/mol. The summed E-state index contributed by atoms with van der Waals surface area (Å²) in [7, 11) is 0. The minimum atomic E-state index is 0. The van der Waals surface area contributed by atoms with Gasteiger partial charge in [0.05, 0.1) is 0 Å². The second-order valence-corrected chi connectivity index (χ2v) is 3.95. The van der Waals surface area contributed by atoms with Crippen LogP contribution in [0.5, 0.6) is 0 Å². The molecule has 1 aliphatic heterocycles. The number of rotatable bonds is 2. The maximum atomic E-state index is 3.37. The Bertz CT molecular complexity index is 295. The molecule has 2 nitrogen and oxygen atoms in total. The molecule has 2 rings (SSSR count). The maximum absolute atomic E-state index is 3.37. The van der Waals surface area contributed by atoms with Crippen LogP contribution < -0.4 is 17.7 Å². The van der Waals surface area contributed by atoms with Crippen molar-refractivity contribution in [3.8, 4) is 0 Å². The normalized spacial score (nSPS) is 17.1. The Morgan fingerprint density at radius 1 is 1.20 bits per heavy atom. The average Bonchev–Trinajstić information content (AvgIpc) is 2.23. The topological polar surface area (TPSA) is 15.3 Å². The molecular formula is C12H18ClN2-. The molecule has 1 aliphatic rings. The van der Waals surface area contributed by atoms with Crippen molar-refractivity contribution in [2.45, 2.75) is 13.5 Å². The van der Waals surface area contributed by atoms with Gasteiger partial charge in [0.2, 0.25) is 0 Å². The van der Waals surface area contributed by atoms with Gasteiger partial charge in [-0.1, -0.05) is 24.3 Å². The summed E-state index contributed by atoms with van der Waals surface area (Å²) < 4.78 is 0. The fraction of sp³-hybridized carbons (Fsp3) is 0.500. The largest absolute Gasteiger partial charge is 1.00 e. The summed E-state index contributed by atoms with van der Waals surface area (Å²) in [5.41, 5.74) is 2.88. The quantitative estimate of drug-likeness (QED) is 0.653. The van der Waals surface area contributed by atoms with Gasteiger partial charge in [-0.25, -0.2) is 0 Å². The number of aryl methyl sites for hydroxylation is 1. The molecule has 0 aromatic heterocycles. The van der Waals surface area contributed by atoms with Gasteiger partial charge in [0.1, 0.15) is 0 Å². The average molecular weight is 226 g/mol. The van der Waals surface area contributed by atoms with E-state index in [2.05, 4.69) is 41.4 Å². The molecule has 1 aromatic rings. The summed E-state index contributed by atoms with van der Waals surface area (Å²) in [5, 5.41) is 3.37. The molecule has 0 spiro atoms. The predicted molar refractivity (Wildman–Crippen MR) is 59.3 cm³/mol. The van der Waals surface area contributed by atoms with Gasteiger partial charge in [-0.2, -0.15) is 0 Å². The molecule has 1 N–H and O–H groups in total. The molecule has 0 bridgehead atoms. The van der Waals surface area contributed by atoms with Gasteiger partial charge in [0.15, 0.2) is 0 Å². The Morgan fingerprint density at radius 2 is 1.87 bits per heavy atom. The molecule has 1 saturated heterocycles. The number of nitrogens with one attached hydrogen (secondary N) is 1. The Morgan fingerprint density at radius 3 is 2.53 bits per heavy atom. The Kier molecular flexibility index (Phi) is 5.09. The van der Waals surface area contributed by atoms with E-state index < -0.39 is 0 Å². The van der Waals surface area contributed by atoms with Crippen molar-refractivity contribution in [1.82, 2.24) is 10.2 Å². The summed E-state index contributed by atoms with van der Waals surface area (Å²) in [5.74, 6) is 0. The summed E-state index contributed by atoms with van der Waals surface area (Å²) in [4.78, 5) is 2.51. The highest BCUT2D eigenvalue weighted by molar-refractivity contribution is 5.25. The minimum absolute atomic E-state index is 0. The van der Waals surface area contributed by atoms with E-state index >= 15 is 0 Å². The van der Waals surface area contributed by atoms with Crippen LogP contribution in [-0.2, 0) is 6.54 Å². The van der Waals surface area contributed by atoms with Crippen molar-refractivity contribution in [3.05, 3.63) is 35.4 Å². The van der Waals surface area contributed by atoms with Crippen LogP contribution in [0.15, 0.2) is 24.3 Å². The number of hydrogen-bond donors (Lipinski definition) is 1. The van der Waals surface area contributed by atoms with Crippen LogP contribution in [0.4, 0.5) is 0 Å². The molecule has 15 heavy (non-hydrogen) atoms. The van der Waals surface area contributed by atoms with E-state index in [1.54, 1.807) is 0 Å². The first-order chi connectivity index (χ1) is 6.86. The summed E-state index contributed by atoms with van der Waals surface area (Å²) in [6.07, 6.45) is 0. The fourth-order valence-electron chi connectivity index (χ4n) is 1.90. The van der Waals surface area contributed by atoms with E-state index in [1.807, 2.05) is 0 Å². The van der Waals surface area contributed by atoms with Crippen molar-refractivity contribution in [1.29, 1.82) is 0 Å². The molecule has 3 heteroatoms. The lowest BCUT2D eigenvalue weighted by Gasteiger charge is -2.27. The van der Waals surface area contributed by atoms with Gasteiger partial charge in [-0.15, -0.1) is 0 Å². The second-order valence-electron chi connectivity index (χ2n) is 3.95. The lowest BCUT2D eigenvalue weighted by Crippen LogP contribution is -3.00. The van der Waals surface area contributed by atoms with Crippen molar-refractivity contribution < 1.29 is 12.4 Å². The number of piperazine rings is 1. The lowest BCUT2D eigenvalue weighted by atomic mass is 10.1.